The Labute approximate surface area is 187 Å². The Morgan fingerprint density at radius 1 is 0.938 bits per heavy atom. The SMILES string of the molecule is COc1ccc(S(=O)(=O)N2CCN(c3ccc([N+](=O)[O-])c(N4CCOCC4)c3)CC2)cc1. The van der Waals surface area contributed by atoms with Gasteiger partial charge in [0.15, 0.2) is 0 Å². The predicted octanol–water partition coefficient (Wildman–Crippen LogP) is 1.95. The molecule has 0 aromatic heterocycles. The second kappa shape index (κ2) is 9.31. The lowest BCUT2D eigenvalue weighted by atomic mass is 10.2. The minimum absolute atomic E-state index is 0.0661. The summed E-state index contributed by atoms with van der Waals surface area (Å²) in [6.45, 7) is 3.91. The predicted molar refractivity (Wildman–Crippen MR) is 120 cm³/mol. The first-order valence-corrected chi connectivity index (χ1v) is 11.8. The molecule has 2 aliphatic rings. The van der Waals surface area contributed by atoms with E-state index in [9.17, 15) is 18.5 Å². The van der Waals surface area contributed by atoms with Crippen LogP contribution in [0.15, 0.2) is 47.4 Å². The highest BCUT2D eigenvalue weighted by Crippen LogP contribution is 2.34. The van der Waals surface area contributed by atoms with Crippen LogP contribution in [0.25, 0.3) is 0 Å². The average Bonchev–Trinajstić information content (AvgIpc) is 2.84. The number of hydrogen-bond acceptors (Lipinski definition) is 8. The first-order valence-electron chi connectivity index (χ1n) is 10.4. The van der Waals surface area contributed by atoms with Crippen molar-refractivity contribution in [2.45, 2.75) is 4.90 Å². The van der Waals surface area contributed by atoms with Gasteiger partial charge in [-0.25, -0.2) is 8.42 Å². The van der Waals surface area contributed by atoms with E-state index in [2.05, 4.69) is 4.90 Å². The van der Waals surface area contributed by atoms with Gasteiger partial charge < -0.3 is 19.3 Å². The maximum Gasteiger partial charge on any atom is 0.292 e. The Hall–Kier alpha value is -2.89. The monoisotopic (exact) mass is 462 g/mol. The van der Waals surface area contributed by atoms with Gasteiger partial charge in [-0.2, -0.15) is 4.31 Å². The standard InChI is InChI=1S/C21H26N4O6S/c1-30-18-3-5-19(6-4-18)32(28,29)24-10-8-22(9-11-24)17-2-7-20(25(26)27)21(16-17)23-12-14-31-15-13-23/h2-7,16H,8-15H2,1H3. The molecule has 2 heterocycles. The highest BCUT2D eigenvalue weighted by Gasteiger charge is 2.30. The number of morpholine rings is 1. The van der Waals surface area contributed by atoms with Gasteiger partial charge in [-0.05, 0) is 36.4 Å². The fourth-order valence-electron chi connectivity index (χ4n) is 4.00. The van der Waals surface area contributed by atoms with Crippen LogP contribution >= 0.6 is 0 Å². The zero-order valence-electron chi connectivity index (χ0n) is 17.8. The van der Waals surface area contributed by atoms with Crippen LogP contribution in [0.5, 0.6) is 5.75 Å². The molecular weight excluding hydrogens is 436 g/mol. The largest absolute Gasteiger partial charge is 0.497 e. The summed E-state index contributed by atoms with van der Waals surface area (Å²) >= 11 is 0. The molecule has 2 aliphatic heterocycles. The zero-order valence-corrected chi connectivity index (χ0v) is 18.7. The minimum Gasteiger partial charge on any atom is -0.497 e. The van der Waals surface area contributed by atoms with E-state index in [1.807, 2.05) is 11.0 Å². The van der Waals surface area contributed by atoms with E-state index in [-0.39, 0.29) is 15.5 Å². The van der Waals surface area contributed by atoms with Gasteiger partial charge in [-0.15, -0.1) is 0 Å². The van der Waals surface area contributed by atoms with E-state index in [0.717, 1.165) is 5.69 Å². The lowest BCUT2D eigenvalue weighted by molar-refractivity contribution is -0.384. The van der Waals surface area contributed by atoms with E-state index in [4.69, 9.17) is 9.47 Å². The molecule has 32 heavy (non-hydrogen) atoms. The molecule has 0 saturated carbocycles. The smallest absolute Gasteiger partial charge is 0.292 e. The van der Waals surface area contributed by atoms with Crippen LogP contribution in [-0.4, -0.2) is 77.2 Å². The molecule has 0 amide bonds. The molecule has 0 radical (unpaired) electrons. The molecule has 0 atom stereocenters. The number of anilines is 2. The molecule has 0 spiro atoms. The number of ether oxygens (including phenoxy) is 2. The number of piperazine rings is 1. The lowest BCUT2D eigenvalue weighted by Crippen LogP contribution is -2.48. The minimum atomic E-state index is -3.60. The molecule has 0 bridgehead atoms. The van der Waals surface area contributed by atoms with Crippen molar-refractivity contribution in [3.8, 4) is 5.75 Å². The van der Waals surface area contributed by atoms with E-state index in [1.165, 1.54) is 17.5 Å². The summed E-state index contributed by atoms with van der Waals surface area (Å²) in [4.78, 5) is 15.4. The van der Waals surface area contributed by atoms with Crippen LogP contribution in [0.2, 0.25) is 0 Å². The van der Waals surface area contributed by atoms with Crippen molar-refractivity contribution in [3.63, 3.8) is 0 Å². The topological polar surface area (TPSA) is 105 Å². The molecule has 0 unspecified atom stereocenters. The highest BCUT2D eigenvalue weighted by molar-refractivity contribution is 7.89. The Morgan fingerprint density at radius 2 is 1.59 bits per heavy atom. The molecule has 0 N–H and O–H groups in total. The van der Waals surface area contributed by atoms with Crippen LogP contribution in [0.1, 0.15) is 0 Å². The summed E-state index contributed by atoms with van der Waals surface area (Å²) in [6.07, 6.45) is 0. The quantitative estimate of drug-likeness (QED) is 0.474. The maximum absolute atomic E-state index is 13.0. The molecule has 4 rings (SSSR count). The second-order valence-electron chi connectivity index (χ2n) is 7.60. The van der Waals surface area contributed by atoms with Gasteiger partial charge in [0, 0.05) is 51.0 Å². The Bertz CT molecular complexity index is 1060. The number of benzene rings is 2. The van der Waals surface area contributed by atoms with Crippen molar-refractivity contribution in [1.29, 1.82) is 0 Å². The van der Waals surface area contributed by atoms with Gasteiger partial charge >= 0.3 is 0 Å². The van der Waals surface area contributed by atoms with Crippen LogP contribution in [-0.2, 0) is 14.8 Å². The number of nitro benzene ring substituents is 1. The summed E-state index contributed by atoms with van der Waals surface area (Å²) in [7, 11) is -2.06. The van der Waals surface area contributed by atoms with Crippen molar-refractivity contribution in [2.75, 3.05) is 69.4 Å². The van der Waals surface area contributed by atoms with Crippen molar-refractivity contribution < 1.29 is 22.8 Å². The summed E-state index contributed by atoms with van der Waals surface area (Å²) in [5.41, 5.74) is 1.49. The number of hydrogen-bond donors (Lipinski definition) is 0. The first kappa shape index (κ1) is 22.3. The fraction of sp³-hybridized carbons (Fsp3) is 0.429. The van der Waals surface area contributed by atoms with Crippen LogP contribution < -0.4 is 14.5 Å². The number of nitro groups is 1. The molecule has 10 nitrogen and oxygen atoms in total. The van der Waals surface area contributed by atoms with Gasteiger partial charge in [0.2, 0.25) is 10.0 Å². The molecule has 2 fully saturated rings. The highest BCUT2D eigenvalue weighted by atomic mass is 32.2. The number of sulfonamides is 1. The molecular formula is C21H26N4O6S. The molecule has 2 aromatic carbocycles. The number of nitrogens with zero attached hydrogens (tertiary/aromatic N) is 4. The third kappa shape index (κ3) is 4.50. The van der Waals surface area contributed by atoms with E-state index in [0.29, 0.717) is 63.9 Å². The molecule has 2 saturated heterocycles. The Kier molecular flexibility index (Phi) is 6.49. The fourth-order valence-corrected chi connectivity index (χ4v) is 5.43. The summed E-state index contributed by atoms with van der Waals surface area (Å²) in [6, 6.07) is 11.4. The van der Waals surface area contributed by atoms with E-state index < -0.39 is 10.0 Å². The third-order valence-electron chi connectivity index (χ3n) is 5.81. The summed E-state index contributed by atoms with van der Waals surface area (Å²) < 4.78 is 37.9. The van der Waals surface area contributed by atoms with Crippen molar-refractivity contribution >= 4 is 27.1 Å². The van der Waals surface area contributed by atoms with Crippen molar-refractivity contribution in [1.82, 2.24) is 4.31 Å². The Balaban J connectivity index is 1.49. The van der Waals surface area contributed by atoms with Crippen molar-refractivity contribution in [2.24, 2.45) is 0 Å². The van der Waals surface area contributed by atoms with Gasteiger partial charge in [0.05, 0.1) is 30.1 Å². The lowest BCUT2D eigenvalue weighted by Gasteiger charge is -2.36. The van der Waals surface area contributed by atoms with Gasteiger partial charge in [-0.3, -0.25) is 10.1 Å². The number of rotatable bonds is 6. The number of methoxy groups -OCH3 is 1. The van der Waals surface area contributed by atoms with Gasteiger partial charge in [0.25, 0.3) is 5.69 Å². The van der Waals surface area contributed by atoms with Crippen LogP contribution in [0, 0.1) is 10.1 Å². The third-order valence-corrected chi connectivity index (χ3v) is 7.72. The maximum atomic E-state index is 13.0. The first-order chi connectivity index (χ1) is 15.4. The summed E-state index contributed by atoms with van der Waals surface area (Å²) in [5, 5.41) is 11.5. The van der Waals surface area contributed by atoms with E-state index >= 15 is 0 Å². The van der Waals surface area contributed by atoms with Crippen LogP contribution in [0.3, 0.4) is 0 Å². The Morgan fingerprint density at radius 3 is 2.19 bits per heavy atom. The normalized spacial score (nSPS) is 17.9. The second-order valence-corrected chi connectivity index (χ2v) is 9.53. The molecule has 2 aromatic rings. The van der Waals surface area contributed by atoms with Gasteiger partial charge in [0.1, 0.15) is 11.4 Å². The summed E-state index contributed by atoms with van der Waals surface area (Å²) in [5.74, 6) is 0.600. The molecule has 172 valence electrons. The zero-order chi connectivity index (χ0) is 22.7. The van der Waals surface area contributed by atoms with Crippen LogP contribution in [0.4, 0.5) is 17.1 Å². The average molecular weight is 463 g/mol. The van der Waals surface area contributed by atoms with Crippen molar-refractivity contribution in [3.05, 3.63) is 52.6 Å². The molecule has 11 heteroatoms. The molecule has 0 aliphatic carbocycles. The van der Waals surface area contributed by atoms with Gasteiger partial charge in [-0.1, -0.05) is 0 Å². The van der Waals surface area contributed by atoms with E-state index in [1.54, 1.807) is 30.3 Å².